The molecule has 0 saturated heterocycles. The van der Waals surface area contributed by atoms with Crippen LogP contribution in [0, 0.1) is 0 Å². The molecule has 0 atom stereocenters. The van der Waals surface area contributed by atoms with Gasteiger partial charge in [0.25, 0.3) is 0 Å². The number of nitrogens with one attached hydrogen (secondary N) is 4. The van der Waals surface area contributed by atoms with Gasteiger partial charge in [-0.15, -0.1) is 0 Å². The molecule has 28 heavy (non-hydrogen) atoms. The normalized spacial score (nSPS) is 15.5. The third-order valence-corrected chi connectivity index (χ3v) is 5.28. The minimum atomic E-state index is 0.116. The van der Waals surface area contributed by atoms with Gasteiger partial charge in [0.05, 0.1) is 6.54 Å². The average molecular weight is 384 g/mol. The first-order valence-electron chi connectivity index (χ1n) is 10.6. The number of hydrogen-bond donors (Lipinski definition) is 4. The second-order valence-corrected chi connectivity index (χ2v) is 7.45. The fourth-order valence-electron chi connectivity index (χ4n) is 3.81. The molecule has 6 nitrogen and oxygen atoms in total. The number of H-pyrrole nitrogens is 1. The number of aromatic amines is 1. The van der Waals surface area contributed by atoms with Gasteiger partial charge >= 0.3 is 0 Å². The molecule has 0 spiro atoms. The Morgan fingerprint density at radius 1 is 1.18 bits per heavy atom. The number of carbonyl (C=O) groups is 1. The smallest absolute Gasteiger partial charge is 0.222 e. The zero-order valence-corrected chi connectivity index (χ0v) is 16.9. The molecule has 4 N–H and O–H groups in total. The molecular formula is C22H33N5O. The Morgan fingerprint density at radius 2 is 2.00 bits per heavy atom. The largest absolute Gasteiger partial charge is 0.361 e. The van der Waals surface area contributed by atoms with Crippen LogP contribution >= 0.6 is 0 Å². The summed E-state index contributed by atoms with van der Waals surface area (Å²) < 4.78 is 0. The first-order chi connectivity index (χ1) is 13.8. The zero-order chi connectivity index (χ0) is 19.6. The summed E-state index contributed by atoms with van der Waals surface area (Å²) in [4.78, 5) is 20.0. The van der Waals surface area contributed by atoms with E-state index in [1.165, 1.54) is 35.7 Å². The highest BCUT2D eigenvalue weighted by molar-refractivity contribution is 5.83. The molecule has 0 radical (unpaired) electrons. The maximum Gasteiger partial charge on any atom is 0.222 e. The first kappa shape index (κ1) is 20.2. The third-order valence-electron chi connectivity index (χ3n) is 5.28. The van der Waals surface area contributed by atoms with Crippen molar-refractivity contribution in [2.24, 2.45) is 4.99 Å². The van der Waals surface area contributed by atoms with Gasteiger partial charge in [-0.25, -0.2) is 0 Å². The summed E-state index contributed by atoms with van der Waals surface area (Å²) in [7, 11) is 0. The van der Waals surface area contributed by atoms with E-state index in [1.54, 1.807) is 0 Å². The number of amides is 1. The van der Waals surface area contributed by atoms with Crippen molar-refractivity contribution in [1.29, 1.82) is 0 Å². The van der Waals surface area contributed by atoms with E-state index >= 15 is 0 Å². The Hall–Kier alpha value is -2.50. The van der Waals surface area contributed by atoms with Crippen LogP contribution < -0.4 is 16.0 Å². The summed E-state index contributed by atoms with van der Waals surface area (Å²) in [6.07, 6.45) is 9.42. The molecule has 1 aliphatic carbocycles. The molecule has 1 aliphatic rings. The number of hydrogen-bond acceptors (Lipinski definition) is 2. The van der Waals surface area contributed by atoms with E-state index in [0.717, 1.165) is 38.3 Å². The molecule has 1 heterocycles. The summed E-state index contributed by atoms with van der Waals surface area (Å²) >= 11 is 0. The molecule has 6 heteroatoms. The first-order valence-corrected chi connectivity index (χ1v) is 10.6. The molecule has 0 aliphatic heterocycles. The molecule has 1 amide bonds. The summed E-state index contributed by atoms with van der Waals surface area (Å²) in [6, 6.07) is 8.72. The lowest BCUT2D eigenvalue weighted by Crippen LogP contribution is -2.39. The van der Waals surface area contributed by atoms with Gasteiger partial charge in [-0.1, -0.05) is 37.5 Å². The number of rotatable bonds is 8. The van der Waals surface area contributed by atoms with Gasteiger partial charge < -0.3 is 20.9 Å². The predicted molar refractivity (Wildman–Crippen MR) is 116 cm³/mol. The van der Waals surface area contributed by atoms with Gasteiger partial charge in [-0.2, -0.15) is 0 Å². The van der Waals surface area contributed by atoms with Crippen LogP contribution in [0.1, 0.15) is 51.0 Å². The van der Waals surface area contributed by atoms with Crippen molar-refractivity contribution in [3.05, 3.63) is 36.0 Å². The lowest BCUT2D eigenvalue weighted by molar-refractivity contribution is -0.121. The van der Waals surface area contributed by atoms with Crippen LogP contribution in [0.15, 0.2) is 35.5 Å². The van der Waals surface area contributed by atoms with Crippen LogP contribution in [0.2, 0.25) is 0 Å². The van der Waals surface area contributed by atoms with E-state index in [0.29, 0.717) is 19.0 Å². The zero-order valence-electron chi connectivity index (χ0n) is 16.9. The number of guanidine groups is 1. The SMILES string of the molecule is CCNC(=NCCC(=O)NC1CCCCC1)NCCc1c[nH]c2ccccc12. The second-order valence-electron chi connectivity index (χ2n) is 7.45. The Bertz CT molecular complexity index is 776. The number of carbonyl (C=O) groups excluding carboxylic acids is 1. The Balaban J connectivity index is 1.42. The molecule has 152 valence electrons. The minimum absolute atomic E-state index is 0.116. The molecule has 1 saturated carbocycles. The summed E-state index contributed by atoms with van der Waals surface area (Å²) in [6.45, 7) is 4.14. The van der Waals surface area contributed by atoms with Gasteiger partial charge in [0.2, 0.25) is 5.91 Å². The van der Waals surface area contributed by atoms with Crippen molar-refractivity contribution in [3.63, 3.8) is 0 Å². The van der Waals surface area contributed by atoms with Gasteiger partial charge in [0.1, 0.15) is 0 Å². The molecule has 1 fully saturated rings. The molecular weight excluding hydrogens is 350 g/mol. The van der Waals surface area contributed by atoms with Crippen LogP contribution in [0.4, 0.5) is 0 Å². The van der Waals surface area contributed by atoms with Crippen LogP contribution in [0.3, 0.4) is 0 Å². The van der Waals surface area contributed by atoms with Crippen molar-refractivity contribution in [3.8, 4) is 0 Å². The van der Waals surface area contributed by atoms with E-state index in [4.69, 9.17) is 0 Å². The number of aliphatic imine (C=N–C) groups is 1. The number of fused-ring (bicyclic) bond motifs is 1. The summed E-state index contributed by atoms with van der Waals surface area (Å²) in [5.41, 5.74) is 2.47. The van der Waals surface area contributed by atoms with Crippen LogP contribution in [0.25, 0.3) is 10.9 Å². The van der Waals surface area contributed by atoms with Crippen molar-refractivity contribution in [1.82, 2.24) is 20.9 Å². The number of aromatic nitrogens is 1. The van der Waals surface area contributed by atoms with Gasteiger partial charge in [0, 0.05) is 42.7 Å². The topological polar surface area (TPSA) is 81.3 Å². The number of benzene rings is 1. The lowest BCUT2D eigenvalue weighted by Gasteiger charge is -2.22. The third kappa shape index (κ3) is 6.01. The van der Waals surface area contributed by atoms with Crippen molar-refractivity contribution in [2.45, 2.75) is 57.9 Å². The van der Waals surface area contributed by atoms with E-state index in [2.05, 4.69) is 50.3 Å². The van der Waals surface area contributed by atoms with Crippen LogP contribution in [-0.2, 0) is 11.2 Å². The van der Waals surface area contributed by atoms with Crippen LogP contribution in [-0.4, -0.2) is 42.5 Å². The Kier molecular flexibility index (Phi) is 7.76. The highest BCUT2D eigenvalue weighted by atomic mass is 16.1. The minimum Gasteiger partial charge on any atom is -0.361 e. The van der Waals surface area contributed by atoms with E-state index in [-0.39, 0.29) is 5.91 Å². The van der Waals surface area contributed by atoms with Crippen molar-refractivity contribution >= 4 is 22.8 Å². The predicted octanol–water partition coefficient (Wildman–Crippen LogP) is 3.10. The lowest BCUT2D eigenvalue weighted by atomic mass is 9.95. The highest BCUT2D eigenvalue weighted by Crippen LogP contribution is 2.18. The monoisotopic (exact) mass is 383 g/mol. The molecule has 3 rings (SSSR count). The number of para-hydroxylation sites is 1. The van der Waals surface area contributed by atoms with E-state index in [9.17, 15) is 4.79 Å². The quantitative estimate of drug-likeness (QED) is 0.418. The van der Waals surface area contributed by atoms with Gasteiger partial charge in [0.15, 0.2) is 5.96 Å². The molecule has 0 bridgehead atoms. The van der Waals surface area contributed by atoms with Crippen molar-refractivity contribution in [2.75, 3.05) is 19.6 Å². The summed E-state index contributed by atoms with van der Waals surface area (Å²) in [5.74, 6) is 0.887. The maximum atomic E-state index is 12.1. The van der Waals surface area contributed by atoms with Crippen LogP contribution in [0.5, 0.6) is 0 Å². The summed E-state index contributed by atoms with van der Waals surface area (Å²) in [5, 5.41) is 11.0. The second kappa shape index (κ2) is 10.7. The maximum absolute atomic E-state index is 12.1. The fraction of sp³-hybridized carbons (Fsp3) is 0.545. The van der Waals surface area contributed by atoms with Gasteiger partial charge in [-0.3, -0.25) is 9.79 Å². The van der Waals surface area contributed by atoms with E-state index in [1.807, 2.05) is 13.0 Å². The number of nitrogens with zero attached hydrogens (tertiary/aromatic N) is 1. The van der Waals surface area contributed by atoms with E-state index < -0.39 is 0 Å². The molecule has 1 aromatic carbocycles. The Labute approximate surface area is 167 Å². The molecule has 0 unspecified atom stereocenters. The van der Waals surface area contributed by atoms with Crippen molar-refractivity contribution < 1.29 is 4.79 Å². The Morgan fingerprint density at radius 3 is 2.82 bits per heavy atom. The fourth-order valence-corrected chi connectivity index (χ4v) is 3.81. The highest BCUT2D eigenvalue weighted by Gasteiger charge is 2.15. The standard InChI is InChI=1S/C22H33N5O/c1-2-23-22(25-15-13-21(28)27-18-8-4-3-5-9-18)24-14-12-17-16-26-20-11-7-6-10-19(17)20/h6-7,10-11,16,18,26H,2-5,8-9,12-15H2,1H3,(H,27,28)(H2,23,24,25). The average Bonchev–Trinajstić information content (AvgIpc) is 3.12. The molecule has 2 aromatic rings. The molecule has 1 aromatic heterocycles. The van der Waals surface area contributed by atoms with Gasteiger partial charge in [-0.05, 0) is 37.8 Å².